The van der Waals surface area contributed by atoms with Gasteiger partial charge in [0.2, 0.25) is 6.79 Å². The van der Waals surface area contributed by atoms with E-state index in [0.29, 0.717) is 22.3 Å². The Morgan fingerprint density at radius 2 is 1.75 bits per heavy atom. The summed E-state index contributed by atoms with van der Waals surface area (Å²) in [6.45, 7) is 0.764. The fourth-order valence-electron chi connectivity index (χ4n) is 3.41. The van der Waals surface area contributed by atoms with Crippen LogP contribution >= 0.6 is 23.4 Å². The Morgan fingerprint density at radius 1 is 0.969 bits per heavy atom. The Labute approximate surface area is 194 Å². The van der Waals surface area contributed by atoms with Crippen molar-refractivity contribution in [3.05, 3.63) is 88.9 Å². The number of hydrogen-bond acceptors (Lipinski definition) is 6. The van der Waals surface area contributed by atoms with Gasteiger partial charge in [-0.15, -0.1) is 10.2 Å². The predicted octanol–water partition coefficient (Wildman–Crippen LogP) is 5.35. The summed E-state index contributed by atoms with van der Waals surface area (Å²) in [4.78, 5) is 12.7. The Bertz CT molecular complexity index is 1260. The zero-order valence-corrected chi connectivity index (χ0v) is 18.5. The molecule has 160 valence electrons. The van der Waals surface area contributed by atoms with Crippen molar-refractivity contribution in [1.29, 1.82) is 0 Å². The topological polar surface area (TPSA) is 66.2 Å². The molecule has 6 nitrogen and oxygen atoms in total. The van der Waals surface area contributed by atoms with Gasteiger partial charge in [-0.2, -0.15) is 0 Å². The van der Waals surface area contributed by atoms with E-state index >= 15 is 0 Å². The van der Waals surface area contributed by atoms with Gasteiger partial charge in [-0.05, 0) is 42.0 Å². The lowest BCUT2D eigenvalue weighted by atomic mass is 10.1. The van der Waals surface area contributed by atoms with Crippen molar-refractivity contribution in [3.63, 3.8) is 0 Å². The minimum absolute atomic E-state index is 0.00515. The SMILES string of the molecule is O=C(CSc1nnc(-c2ccccc2)n1Cc1ccc2c(c1)OCO2)c1ccc(Cl)cc1. The monoisotopic (exact) mass is 463 g/mol. The molecular weight excluding hydrogens is 446 g/mol. The first-order valence-electron chi connectivity index (χ1n) is 9.96. The Balaban J connectivity index is 1.42. The molecule has 0 saturated heterocycles. The number of aromatic nitrogens is 3. The summed E-state index contributed by atoms with van der Waals surface area (Å²) in [5.41, 5.74) is 2.60. The number of halogens is 1. The van der Waals surface area contributed by atoms with Gasteiger partial charge in [-0.1, -0.05) is 59.8 Å². The van der Waals surface area contributed by atoms with Gasteiger partial charge in [0.05, 0.1) is 12.3 Å². The van der Waals surface area contributed by atoms with Crippen LogP contribution in [-0.4, -0.2) is 33.1 Å². The molecule has 2 heterocycles. The maximum atomic E-state index is 12.7. The van der Waals surface area contributed by atoms with E-state index in [1.165, 1.54) is 11.8 Å². The van der Waals surface area contributed by atoms with Crippen molar-refractivity contribution in [2.45, 2.75) is 11.7 Å². The normalized spacial score (nSPS) is 12.2. The standard InChI is InChI=1S/C24H18ClN3O3S/c25-19-9-7-17(8-10-19)20(29)14-32-24-27-26-23(18-4-2-1-3-5-18)28(24)13-16-6-11-21-22(12-16)31-15-30-21/h1-12H,13-15H2. The predicted molar refractivity (Wildman–Crippen MR) is 124 cm³/mol. The summed E-state index contributed by atoms with van der Waals surface area (Å²) in [6.07, 6.45) is 0. The van der Waals surface area contributed by atoms with E-state index in [4.69, 9.17) is 21.1 Å². The summed E-state index contributed by atoms with van der Waals surface area (Å²) < 4.78 is 13.0. The van der Waals surface area contributed by atoms with Crippen LogP contribution in [0.1, 0.15) is 15.9 Å². The second-order valence-electron chi connectivity index (χ2n) is 7.16. The van der Waals surface area contributed by atoms with Crippen molar-refractivity contribution in [2.24, 2.45) is 0 Å². The zero-order chi connectivity index (χ0) is 21.9. The van der Waals surface area contributed by atoms with Crippen LogP contribution in [0.25, 0.3) is 11.4 Å². The summed E-state index contributed by atoms with van der Waals surface area (Å²) >= 11 is 7.29. The van der Waals surface area contributed by atoms with Crippen LogP contribution in [-0.2, 0) is 6.54 Å². The molecule has 8 heteroatoms. The first kappa shape index (κ1) is 20.6. The summed E-state index contributed by atoms with van der Waals surface area (Å²) in [7, 11) is 0. The fraction of sp³-hybridized carbons (Fsp3) is 0.125. The highest BCUT2D eigenvalue weighted by Gasteiger charge is 2.19. The first-order valence-corrected chi connectivity index (χ1v) is 11.3. The van der Waals surface area contributed by atoms with Crippen LogP contribution in [0, 0.1) is 0 Å². The van der Waals surface area contributed by atoms with Crippen molar-refractivity contribution < 1.29 is 14.3 Å². The van der Waals surface area contributed by atoms with Gasteiger partial charge in [0.1, 0.15) is 0 Å². The van der Waals surface area contributed by atoms with E-state index in [1.807, 2.05) is 53.1 Å². The number of Topliss-reactive ketones (excluding diaryl/α,β-unsaturated/α-hetero) is 1. The third kappa shape index (κ3) is 4.35. The molecule has 0 N–H and O–H groups in total. The molecule has 0 aliphatic carbocycles. The van der Waals surface area contributed by atoms with E-state index in [9.17, 15) is 4.79 Å². The molecule has 32 heavy (non-hydrogen) atoms. The maximum Gasteiger partial charge on any atom is 0.231 e. The molecule has 0 unspecified atom stereocenters. The molecule has 5 rings (SSSR count). The van der Waals surface area contributed by atoms with Gasteiger partial charge in [-0.3, -0.25) is 9.36 Å². The second kappa shape index (κ2) is 9.06. The third-order valence-corrected chi connectivity index (χ3v) is 6.24. The molecule has 0 bridgehead atoms. The van der Waals surface area contributed by atoms with Crippen molar-refractivity contribution >= 4 is 29.1 Å². The molecule has 0 atom stereocenters. The highest BCUT2D eigenvalue weighted by molar-refractivity contribution is 7.99. The number of nitrogens with zero attached hydrogens (tertiary/aromatic N) is 3. The number of ether oxygens (including phenoxy) is 2. The molecule has 3 aromatic carbocycles. The smallest absolute Gasteiger partial charge is 0.231 e. The third-order valence-electron chi connectivity index (χ3n) is 5.03. The zero-order valence-electron chi connectivity index (χ0n) is 16.9. The Hall–Kier alpha value is -3.29. The van der Waals surface area contributed by atoms with Gasteiger partial charge in [0, 0.05) is 16.1 Å². The number of benzene rings is 3. The minimum Gasteiger partial charge on any atom is -0.454 e. The van der Waals surface area contributed by atoms with Gasteiger partial charge in [0.25, 0.3) is 0 Å². The average Bonchev–Trinajstić information content (AvgIpc) is 3.45. The number of hydrogen-bond donors (Lipinski definition) is 0. The van der Waals surface area contributed by atoms with Crippen LogP contribution in [0.5, 0.6) is 11.5 Å². The number of fused-ring (bicyclic) bond motifs is 1. The van der Waals surface area contributed by atoms with Crippen molar-refractivity contribution in [2.75, 3.05) is 12.5 Å². The molecule has 0 saturated carbocycles. The summed E-state index contributed by atoms with van der Waals surface area (Å²) in [5.74, 6) is 2.46. The van der Waals surface area contributed by atoms with Crippen LogP contribution in [0.2, 0.25) is 5.02 Å². The fourth-order valence-corrected chi connectivity index (χ4v) is 4.37. The Morgan fingerprint density at radius 3 is 2.56 bits per heavy atom. The highest BCUT2D eigenvalue weighted by atomic mass is 35.5. The average molecular weight is 464 g/mol. The molecule has 0 radical (unpaired) electrons. The van der Waals surface area contributed by atoms with E-state index in [-0.39, 0.29) is 18.3 Å². The molecule has 0 spiro atoms. The van der Waals surface area contributed by atoms with Crippen LogP contribution in [0.3, 0.4) is 0 Å². The van der Waals surface area contributed by atoms with Gasteiger partial charge in [0.15, 0.2) is 28.3 Å². The molecule has 4 aromatic rings. The lowest BCUT2D eigenvalue weighted by Gasteiger charge is -2.11. The van der Waals surface area contributed by atoms with Crippen molar-refractivity contribution in [3.8, 4) is 22.9 Å². The molecule has 1 aliphatic rings. The first-order chi connectivity index (χ1) is 15.7. The van der Waals surface area contributed by atoms with E-state index in [0.717, 1.165) is 28.5 Å². The largest absolute Gasteiger partial charge is 0.454 e. The molecular formula is C24H18ClN3O3S. The maximum absolute atomic E-state index is 12.7. The van der Waals surface area contributed by atoms with Crippen LogP contribution in [0.4, 0.5) is 0 Å². The summed E-state index contributed by atoms with van der Waals surface area (Å²) in [5, 5.41) is 10.1. The summed E-state index contributed by atoms with van der Waals surface area (Å²) in [6, 6.07) is 22.6. The van der Waals surface area contributed by atoms with Crippen molar-refractivity contribution in [1.82, 2.24) is 14.8 Å². The highest BCUT2D eigenvalue weighted by Crippen LogP contribution is 2.34. The number of thioether (sulfide) groups is 1. The number of rotatable bonds is 7. The van der Waals surface area contributed by atoms with E-state index < -0.39 is 0 Å². The molecule has 1 aliphatic heterocycles. The van der Waals surface area contributed by atoms with Gasteiger partial charge in [-0.25, -0.2) is 0 Å². The molecule has 1 aromatic heterocycles. The van der Waals surface area contributed by atoms with Gasteiger partial charge < -0.3 is 9.47 Å². The number of ketones is 1. The quantitative estimate of drug-likeness (QED) is 0.272. The Kier molecular flexibility index (Phi) is 5.83. The second-order valence-corrected chi connectivity index (χ2v) is 8.54. The van der Waals surface area contributed by atoms with E-state index in [1.54, 1.807) is 24.3 Å². The molecule has 0 fully saturated rings. The van der Waals surface area contributed by atoms with E-state index in [2.05, 4.69) is 10.2 Å². The lowest BCUT2D eigenvalue weighted by Crippen LogP contribution is -2.07. The number of carbonyl (C=O) groups is 1. The number of carbonyl (C=O) groups excluding carboxylic acids is 1. The van der Waals surface area contributed by atoms with Crippen LogP contribution < -0.4 is 9.47 Å². The lowest BCUT2D eigenvalue weighted by molar-refractivity contribution is 0.102. The minimum atomic E-state index is 0.00515. The molecule has 0 amide bonds. The van der Waals surface area contributed by atoms with Gasteiger partial charge >= 0.3 is 0 Å². The van der Waals surface area contributed by atoms with Crippen LogP contribution in [0.15, 0.2) is 78.0 Å².